The smallest absolute Gasteiger partial charge is 0.662 e. The molecule has 0 aromatic heterocycles. The molecule has 0 saturated heterocycles. The van der Waals surface area contributed by atoms with Crippen LogP contribution in [0.4, 0.5) is 13.2 Å². The van der Waals surface area contributed by atoms with Crippen molar-refractivity contribution in [3.8, 4) is 5.75 Å². The summed E-state index contributed by atoms with van der Waals surface area (Å²) in [5.41, 5.74) is -0.0618. The third kappa shape index (κ3) is 3.05. The van der Waals surface area contributed by atoms with Crippen molar-refractivity contribution in [1.29, 1.82) is 0 Å². The number of hydrogen-bond donors (Lipinski definition) is 0. The van der Waals surface area contributed by atoms with Crippen LogP contribution in [-0.4, -0.2) is 0 Å². The standard InChI is InChI=1S/C10H8F3O.Rb/c11-10(12,13)8-5-1-3-7-4-2-6-14-9(7)8;/h1,3,5-6H,2,4H2;/q-1;+1. The van der Waals surface area contributed by atoms with Crippen LogP contribution in [0.2, 0.25) is 0 Å². The van der Waals surface area contributed by atoms with E-state index in [0.29, 0.717) is 18.4 Å². The van der Waals surface area contributed by atoms with Crippen molar-refractivity contribution in [2.75, 3.05) is 0 Å². The van der Waals surface area contributed by atoms with Crippen molar-refractivity contribution in [3.63, 3.8) is 0 Å². The maximum Gasteiger partial charge on any atom is 1.00 e. The third-order valence-electron chi connectivity index (χ3n) is 2.13. The number of para-hydroxylation sites is 1. The van der Waals surface area contributed by atoms with Crippen LogP contribution in [0.25, 0.3) is 0 Å². The molecule has 15 heavy (non-hydrogen) atoms. The van der Waals surface area contributed by atoms with Gasteiger partial charge in [-0.15, -0.1) is 6.42 Å². The average Bonchev–Trinajstić information content (AvgIpc) is 2.15. The molecule has 0 spiro atoms. The van der Waals surface area contributed by atoms with Crippen molar-refractivity contribution >= 4 is 0 Å². The summed E-state index contributed by atoms with van der Waals surface area (Å²) >= 11 is 0. The Hall–Kier alpha value is 0.615. The van der Waals surface area contributed by atoms with E-state index < -0.39 is 11.7 Å². The van der Waals surface area contributed by atoms with Gasteiger partial charge in [0.05, 0.1) is 5.56 Å². The molecule has 0 amide bonds. The summed E-state index contributed by atoms with van der Waals surface area (Å²) in [6.07, 6.45) is -3.07. The molecule has 1 aromatic rings. The van der Waals surface area contributed by atoms with Crippen molar-refractivity contribution in [3.05, 3.63) is 35.9 Å². The normalized spacial score (nSPS) is 14.9. The molecule has 0 fully saturated rings. The molecule has 0 aliphatic carbocycles. The van der Waals surface area contributed by atoms with Crippen molar-refractivity contribution in [2.45, 2.75) is 19.0 Å². The second-order valence-electron chi connectivity index (χ2n) is 3.11. The molecule has 1 nitrogen and oxygen atoms in total. The summed E-state index contributed by atoms with van der Waals surface area (Å²) in [7, 11) is 0. The van der Waals surface area contributed by atoms with Crippen molar-refractivity contribution < 1.29 is 76.1 Å². The summed E-state index contributed by atoms with van der Waals surface area (Å²) < 4.78 is 42.4. The van der Waals surface area contributed by atoms with E-state index in [1.807, 2.05) is 0 Å². The molecule has 0 atom stereocenters. The molecule has 5 heteroatoms. The van der Waals surface area contributed by atoms with Gasteiger partial charge in [-0.1, -0.05) is 12.1 Å². The second-order valence-corrected chi connectivity index (χ2v) is 3.11. The SMILES string of the molecule is FC(F)(F)c1cccc2c1O[CH-]CC2.[Rb+]. The van der Waals surface area contributed by atoms with Gasteiger partial charge in [0, 0.05) is 0 Å². The fraction of sp³-hybridized carbons (Fsp3) is 0.300. The van der Waals surface area contributed by atoms with Crippen LogP contribution >= 0.6 is 0 Å². The molecule has 1 aliphatic rings. The quantitative estimate of drug-likeness (QED) is 0.619. The first-order chi connectivity index (χ1) is 6.59. The Morgan fingerprint density at radius 1 is 1.27 bits per heavy atom. The number of alkyl halides is 3. The van der Waals surface area contributed by atoms with Crippen LogP contribution in [0, 0.1) is 6.61 Å². The zero-order valence-corrected chi connectivity index (χ0v) is 13.2. The fourth-order valence-electron chi connectivity index (χ4n) is 1.50. The first kappa shape index (κ1) is 13.7. The number of fused-ring (bicyclic) bond motifs is 1. The number of ether oxygens (including phenoxy) is 1. The number of halogens is 3. The van der Waals surface area contributed by atoms with Crippen LogP contribution < -0.4 is 62.9 Å². The Bertz CT molecular complexity index is 349. The summed E-state index contributed by atoms with van der Waals surface area (Å²) in [4.78, 5) is 0. The number of benzene rings is 1. The van der Waals surface area contributed by atoms with E-state index in [1.165, 1.54) is 12.7 Å². The zero-order valence-electron chi connectivity index (χ0n) is 8.27. The zero-order chi connectivity index (χ0) is 10.2. The van der Waals surface area contributed by atoms with Gasteiger partial charge in [-0.3, -0.25) is 0 Å². The molecule has 0 N–H and O–H groups in total. The topological polar surface area (TPSA) is 9.23 Å². The fourth-order valence-corrected chi connectivity index (χ4v) is 1.50. The molecule has 76 valence electrons. The predicted octanol–water partition coefficient (Wildman–Crippen LogP) is 0.196. The van der Waals surface area contributed by atoms with Crippen molar-refractivity contribution in [1.82, 2.24) is 0 Å². The minimum absolute atomic E-state index is 0. The van der Waals surface area contributed by atoms with Gasteiger partial charge in [-0.2, -0.15) is 19.8 Å². The molecule has 0 unspecified atom stereocenters. The van der Waals surface area contributed by atoms with Crippen molar-refractivity contribution in [2.24, 2.45) is 0 Å². The van der Waals surface area contributed by atoms with E-state index in [-0.39, 0.29) is 63.9 Å². The minimum atomic E-state index is -4.34. The van der Waals surface area contributed by atoms with Gasteiger partial charge in [0.25, 0.3) is 0 Å². The summed E-state index contributed by atoms with van der Waals surface area (Å²) in [6.45, 7) is 1.41. The Kier molecular flexibility index (Phi) is 4.83. The monoisotopic (exact) mass is 286 g/mol. The van der Waals surface area contributed by atoms with Crippen LogP contribution in [0.5, 0.6) is 5.75 Å². The largest absolute Gasteiger partial charge is 1.00 e. The van der Waals surface area contributed by atoms with E-state index in [2.05, 4.69) is 0 Å². The summed E-state index contributed by atoms with van der Waals surface area (Å²) in [5.74, 6) is -0.0359. The number of hydrogen-bond acceptors (Lipinski definition) is 1. The molecule has 1 aliphatic heterocycles. The first-order valence-corrected chi connectivity index (χ1v) is 4.26. The summed E-state index contributed by atoms with van der Waals surface area (Å²) in [5, 5.41) is 0. The number of aryl methyl sites for hydroxylation is 1. The Labute approximate surface area is 135 Å². The van der Waals surface area contributed by atoms with Crippen LogP contribution in [0.15, 0.2) is 18.2 Å². The Morgan fingerprint density at radius 2 is 2.00 bits per heavy atom. The van der Waals surface area contributed by atoms with Gasteiger partial charge in [0.15, 0.2) is 0 Å². The predicted molar refractivity (Wildman–Crippen MR) is 44.7 cm³/mol. The average molecular weight is 287 g/mol. The van der Waals surface area contributed by atoms with E-state index in [4.69, 9.17) is 4.74 Å². The maximum absolute atomic E-state index is 12.5. The first-order valence-electron chi connectivity index (χ1n) is 4.26. The van der Waals surface area contributed by atoms with E-state index in [0.717, 1.165) is 6.07 Å². The minimum Gasteiger partial charge on any atom is -0.662 e. The second kappa shape index (κ2) is 5.30. The van der Waals surface area contributed by atoms with Gasteiger partial charge in [0.2, 0.25) is 0 Å². The maximum atomic E-state index is 12.5. The molecule has 1 heterocycles. The van der Waals surface area contributed by atoms with E-state index in [9.17, 15) is 13.2 Å². The Balaban J connectivity index is 0.00000112. The summed E-state index contributed by atoms with van der Waals surface area (Å²) in [6, 6.07) is 4.12. The van der Waals surface area contributed by atoms with Gasteiger partial charge >= 0.3 is 64.4 Å². The molecule has 0 bridgehead atoms. The number of rotatable bonds is 0. The molecule has 2 rings (SSSR count). The molecule has 0 radical (unpaired) electrons. The van der Waals surface area contributed by atoms with Gasteiger partial charge in [0.1, 0.15) is 5.75 Å². The molecule has 0 saturated carbocycles. The molecule has 1 aromatic carbocycles. The van der Waals surface area contributed by atoms with Crippen LogP contribution in [0.3, 0.4) is 0 Å². The third-order valence-corrected chi connectivity index (χ3v) is 2.13. The van der Waals surface area contributed by atoms with Gasteiger partial charge in [-0.05, 0) is 18.1 Å². The Morgan fingerprint density at radius 3 is 2.67 bits per heavy atom. The van der Waals surface area contributed by atoms with E-state index >= 15 is 0 Å². The van der Waals surface area contributed by atoms with Gasteiger partial charge in [-0.25, -0.2) is 0 Å². The molecular formula is C10H8F3ORb. The van der Waals surface area contributed by atoms with Crippen LogP contribution in [-0.2, 0) is 12.6 Å². The van der Waals surface area contributed by atoms with E-state index in [1.54, 1.807) is 6.07 Å². The molecular weight excluding hydrogens is 279 g/mol. The van der Waals surface area contributed by atoms with Crippen LogP contribution in [0.1, 0.15) is 17.5 Å². The van der Waals surface area contributed by atoms with Gasteiger partial charge < -0.3 is 4.74 Å².